The van der Waals surface area contributed by atoms with Crippen molar-refractivity contribution in [3.63, 3.8) is 0 Å². The number of aliphatic hydroxyl groups excluding tert-OH is 2. The minimum atomic E-state index is -2.56. The summed E-state index contributed by atoms with van der Waals surface area (Å²) in [5, 5.41) is 43.0. The number of nitrogens with two attached hydrogens (primary N) is 1. The number of rotatable bonds is 2. The van der Waals surface area contributed by atoms with Crippen molar-refractivity contribution < 1.29 is 34.8 Å². The van der Waals surface area contributed by atoms with Crippen LogP contribution in [0, 0.1) is 24.2 Å². The number of benzene rings is 1. The smallest absolute Gasteiger partial charge is 0.255 e. The zero-order valence-corrected chi connectivity index (χ0v) is 16.3. The van der Waals surface area contributed by atoms with Crippen molar-refractivity contribution in [3.8, 4) is 18.1 Å². The number of hydrogen-bond donors (Lipinski definition) is 5. The number of ketones is 2. The predicted octanol–water partition coefficient (Wildman–Crippen LogP) is 1.07. The molecule has 6 N–H and O–H groups in total. The third-order valence-electron chi connectivity index (χ3n) is 6.34. The summed E-state index contributed by atoms with van der Waals surface area (Å²) < 4.78 is 0. The Balaban J connectivity index is 1.93. The van der Waals surface area contributed by atoms with Crippen molar-refractivity contribution in [1.82, 2.24) is 0 Å². The van der Waals surface area contributed by atoms with Crippen LogP contribution in [0.1, 0.15) is 29.5 Å². The highest BCUT2D eigenvalue weighted by Gasteiger charge is 2.60. The Kier molecular flexibility index (Phi) is 4.52. The van der Waals surface area contributed by atoms with Gasteiger partial charge in [0.1, 0.15) is 22.8 Å². The van der Waals surface area contributed by atoms with Gasteiger partial charge in [0, 0.05) is 17.9 Å². The third-order valence-corrected chi connectivity index (χ3v) is 6.34. The van der Waals surface area contributed by atoms with Crippen molar-refractivity contribution in [3.05, 3.63) is 51.8 Å². The molecule has 0 unspecified atom stereocenters. The summed E-state index contributed by atoms with van der Waals surface area (Å²) in [5.74, 6) is -4.13. The zero-order chi connectivity index (χ0) is 22.7. The van der Waals surface area contributed by atoms with Gasteiger partial charge in [0.05, 0.1) is 5.56 Å². The molecule has 1 aromatic carbocycles. The minimum absolute atomic E-state index is 0.0336. The fourth-order valence-corrected chi connectivity index (χ4v) is 4.94. The highest BCUT2D eigenvalue weighted by molar-refractivity contribution is 6.22. The molecule has 0 spiro atoms. The van der Waals surface area contributed by atoms with E-state index in [4.69, 9.17) is 12.2 Å². The Morgan fingerprint density at radius 2 is 1.94 bits per heavy atom. The monoisotopic (exact) mass is 421 g/mol. The van der Waals surface area contributed by atoms with E-state index >= 15 is 0 Å². The number of carbonyl (C=O) groups excluding carboxylic acids is 3. The molecule has 0 saturated heterocycles. The molecule has 0 aromatic heterocycles. The van der Waals surface area contributed by atoms with Gasteiger partial charge in [0.15, 0.2) is 11.4 Å². The Morgan fingerprint density at radius 1 is 1.23 bits per heavy atom. The maximum absolute atomic E-state index is 13.3. The molecule has 1 fully saturated rings. The quantitative estimate of drug-likeness (QED) is 0.353. The number of aliphatic hydroxyl groups is 3. The Hall–Kier alpha value is -3.83. The Labute approximate surface area is 177 Å². The standard InChI is InChI=1S/C23H19NO7/c1-2-3-4-10-5-6-14(25)17-13(10)8-11-7-12-9-15(26)18(22(24)30)21(29)23(12,31)20(28)16(11)19(17)27/h1,3-6,11-12,25,27,29,31H,7-9H2,(H2,24,30)/t11-,12+,23+/m1/s1. The van der Waals surface area contributed by atoms with Crippen LogP contribution in [-0.4, -0.2) is 43.5 Å². The van der Waals surface area contributed by atoms with E-state index < -0.39 is 52.0 Å². The molecule has 158 valence electrons. The number of phenols is 1. The number of allylic oxidation sites excluding steroid dienone is 1. The number of amides is 1. The van der Waals surface area contributed by atoms with Crippen molar-refractivity contribution >= 4 is 29.3 Å². The maximum Gasteiger partial charge on any atom is 0.255 e. The third kappa shape index (κ3) is 2.71. The lowest BCUT2D eigenvalue weighted by atomic mass is 9.59. The average Bonchev–Trinajstić information content (AvgIpc) is 2.70. The fourth-order valence-electron chi connectivity index (χ4n) is 4.94. The van der Waals surface area contributed by atoms with E-state index in [1.165, 1.54) is 12.1 Å². The first-order valence-electron chi connectivity index (χ1n) is 9.57. The van der Waals surface area contributed by atoms with E-state index in [-0.39, 0.29) is 36.1 Å². The summed E-state index contributed by atoms with van der Waals surface area (Å²) in [5.41, 5.74) is 2.85. The zero-order valence-electron chi connectivity index (χ0n) is 16.3. The molecular formula is C23H19NO7. The van der Waals surface area contributed by atoms with Crippen molar-refractivity contribution in [2.24, 2.45) is 17.6 Å². The summed E-state index contributed by atoms with van der Waals surface area (Å²) in [4.78, 5) is 37.3. The number of fused-ring (bicyclic) bond motifs is 3. The van der Waals surface area contributed by atoms with Crippen LogP contribution in [0.15, 0.2) is 35.1 Å². The van der Waals surface area contributed by atoms with Gasteiger partial charge in [0.25, 0.3) is 5.91 Å². The minimum Gasteiger partial charge on any atom is -0.508 e. The first-order valence-corrected chi connectivity index (χ1v) is 9.57. The largest absolute Gasteiger partial charge is 0.508 e. The molecular weight excluding hydrogens is 402 g/mol. The lowest BCUT2D eigenvalue weighted by Gasteiger charge is -2.46. The van der Waals surface area contributed by atoms with Crippen molar-refractivity contribution in [2.75, 3.05) is 0 Å². The molecule has 0 aliphatic heterocycles. The number of hydrogen-bond acceptors (Lipinski definition) is 7. The maximum atomic E-state index is 13.3. The molecule has 1 saturated carbocycles. The van der Waals surface area contributed by atoms with Gasteiger partial charge in [-0.25, -0.2) is 0 Å². The molecule has 3 aliphatic rings. The molecule has 1 amide bonds. The second-order valence-corrected chi connectivity index (χ2v) is 7.93. The van der Waals surface area contributed by atoms with E-state index in [2.05, 4.69) is 5.92 Å². The SMILES string of the molecule is C#CC=Cc1ccc(O)c2c1C[C@H]1C[C@H]3CC(=O)C(C(N)=O)=C(O)[C@@]3(O)C(=O)C1=C2O. The molecule has 0 bridgehead atoms. The number of phenolic OH excluding ortho intramolecular Hbond substituents is 1. The average molecular weight is 421 g/mol. The molecule has 1 aromatic rings. The summed E-state index contributed by atoms with van der Waals surface area (Å²) in [6.45, 7) is 0. The fraction of sp³-hybridized carbons (Fsp3) is 0.261. The molecule has 0 radical (unpaired) electrons. The van der Waals surface area contributed by atoms with Gasteiger partial charge in [-0.05, 0) is 48.1 Å². The number of aromatic hydroxyl groups is 1. The lowest BCUT2D eigenvalue weighted by Crippen LogP contribution is -2.58. The number of terminal acetylenes is 1. The lowest BCUT2D eigenvalue weighted by molar-refractivity contribution is -0.147. The second kappa shape index (κ2) is 6.86. The highest BCUT2D eigenvalue weighted by Crippen LogP contribution is 2.52. The topological polar surface area (TPSA) is 158 Å². The highest BCUT2D eigenvalue weighted by atomic mass is 16.3. The number of primary amides is 1. The van der Waals surface area contributed by atoms with E-state index in [0.29, 0.717) is 11.1 Å². The molecule has 0 heterocycles. The molecule has 8 heteroatoms. The van der Waals surface area contributed by atoms with Gasteiger partial charge in [-0.15, -0.1) is 6.42 Å². The van der Waals surface area contributed by atoms with Crippen LogP contribution in [0.25, 0.3) is 11.8 Å². The van der Waals surface area contributed by atoms with Crippen molar-refractivity contribution in [2.45, 2.75) is 24.9 Å². The van der Waals surface area contributed by atoms with E-state index in [0.717, 1.165) is 0 Å². The number of carbonyl (C=O) groups is 3. The first-order chi connectivity index (χ1) is 14.6. The number of Topliss-reactive ketones (excluding diaryl/α,β-unsaturated/α-hetero) is 2. The van der Waals surface area contributed by atoms with Crippen LogP contribution in [0.5, 0.6) is 5.75 Å². The van der Waals surface area contributed by atoms with Gasteiger partial charge in [0.2, 0.25) is 5.78 Å². The summed E-state index contributed by atoms with van der Waals surface area (Å²) in [6, 6.07) is 2.97. The van der Waals surface area contributed by atoms with Gasteiger partial charge < -0.3 is 26.2 Å². The summed E-state index contributed by atoms with van der Waals surface area (Å²) in [7, 11) is 0. The van der Waals surface area contributed by atoms with Crippen LogP contribution in [0.3, 0.4) is 0 Å². The van der Waals surface area contributed by atoms with Crippen molar-refractivity contribution in [1.29, 1.82) is 0 Å². The molecule has 8 nitrogen and oxygen atoms in total. The summed E-state index contributed by atoms with van der Waals surface area (Å²) >= 11 is 0. The van der Waals surface area contributed by atoms with Gasteiger partial charge in [-0.1, -0.05) is 12.0 Å². The van der Waals surface area contributed by atoms with E-state index in [1.54, 1.807) is 12.1 Å². The molecule has 3 aliphatic carbocycles. The molecule has 31 heavy (non-hydrogen) atoms. The van der Waals surface area contributed by atoms with Gasteiger partial charge in [-0.3, -0.25) is 14.4 Å². The van der Waals surface area contributed by atoms with E-state index in [1.807, 2.05) is 0 Å². The second-order valence-electron chi connectivity index (χ2n) is 7.93. The first kappa shape index (κ1) is 20.4. The van der Waals surface area contributed by atoms with Gasteiger partial charge >= 0.3 is 0 Å². The normalized spacial score (nSPS) is 27.6. The van der Waals surface area contributed by atoms with Gasteiger partial charge in [-0.2, -0.15) is 0 Å². The summed E-state index contributed by atoms with van der Waals surface area (Å²) in [6.07, 6.45) is 8.32. The van der Waals surface area contributed by atoms with E-state index in [9.17, 15) is 34.8 Å². The molecule has 4 rings (SSSR count). The molecule has 3 atom stereocenters. The van der Waals surface area contributed by atoms with Crippen LogP contribution in [0.4, 0.5) is 0 Å². The Morgan fingerprint density at radius 3 is 2.58 bits per heavy atom. The van der Waals surface area contributed by atoms with Crippen LogP contribution in [0.2, 0.25) is 0 Å². The Bertz CT molecular complexity index is 1200. The van der Waals surface area contributed by atoms with Crippen LogP contribution >= 0.6 is 0 Å². The van der Waals surface area contributed by atoms with Crippen LogP contribution < -0.4 is 5.73 Å². The predicted molar refractivity (Wildman–Crippen MR) is 109 cm³/mol. The van der Waals surface area contributed by atoms with Crippen LogP contribution in [-0.2, 0) is 20.8 Å².